The first kappa shape index (κ1) is 14.4. The van der Waals surface area contributed by atoms with E-state index in [1.807, 2.05) is 37.3 Å². The molecule has 2 aromatic carbocycles. The number of phenolic OH excluding ortho intramolecular Hbond substituents is 1. The van der Waals surface area contributed by atoms with Crippen molar-refractivity contribution in [3.63, 3.8) is 0 Å². The molecule has 1 amide bonds. The summed E-state index contributed by atoms with van der Waals surface area (Å²) in [6.45, 7) is 1.97. The maximum absolute atomic E-state index is 12.3. The summed E-state index contributed by atoms with van der Waals surface area (Å²) in [7, 11) is 0. The van der Waals surface area contributed by atoms with E-state index >= 15 is 0 Å². The van der Waals surface area contributed by atoms with E-state index in [1.54, 1.807) is 6.07 Å². The molecule has 0 aliphatic carbocycles. The van der Waals surface area contributed by atoms with Crippen molar-refractivity contribution < 1.29 is 9.90 Å². The maximum atomic E-state index is 12.3. The van der Waals surface area contributed by atoms with Gasteiger partial charge in [-0.05, 0) is 30.2 Å². The third kappa shape index (κ3) is 3.31. The molecule has 0 heterocycles. The monoisotopic (exact) mass is 289 g/mol. The Bertz CT molecular complexity index is 599. The minimum atomic E-state index is -0.205. The Kier molecular flexibility index (Phi) is 4.64. The van der Waals surface area contributed by atoms with Gasteiger partial charge in [0.1, 0.15) is 5.75 Å². The number of amides is 1. The van der Waals surface area contributed by atoms with Gasteiger partial charge in [-0.3, -0.25) is 4.79 Å². The molecule has 4 heteroatoms. The Hall–Kier alpha value is -2.00. The van der Waals surface area contributed by atoms with E-state index in [0.29, 0.717) is 12.1 Å². The van der Waals surface area contributed by atoms with Crippen LogP contribution in [0.4, 0.5) is 5.69 Å². The average Bonchev–Trinajstić information content (AvgIpc) is 2.45. The molecule has 0 aromatic heterocycles. The van der Waals surface area contributed by atoms with E-state index in [2.05, 4.69) is 5.32 Å². The van der Waals surface area contributed by atoms with Crippen LogP contribution in [0.2, 0.25) is 5.02 Å². The molecule has 2 aromatic rings. The summed E-state index contributed by atoms with van der Waals surface area (Å²) >= 11 is 5.83. The van der Waals surface area contributed by atoms with Gasteiger partial charge < -0.3 is 10.4 Å². The van der Waals surface area contributed by atoms with Gasteiger partial charge in [0, 0.05) is 5.69 Å². The summed E-state index contributed by atoms with van der Waals surface area (Å²) in [4.78, 5) is 12.3. The van der Waals surface area contributed by atoms with Gasteiger partial charge in [0.05, 0.1) is 10.9 Å². The maximum Gasteiger partial charge on any atom is 0.231 e. The van der Waals surface area contributed by atoms with Gasteiger partial charge in [-0.25, -0.2) is 0 Å². The lowest BCUT2D eigenvalue weighted by Gasteiger charge is -2.15. The molecule has 0 fully saturated rings. The fourth-order valence-corrected chi connectivity index (χ4v) is 2.25. The second-order valence-electron chi connectivity index (χ2n) is 4.53. The number of anilines is 1. The normalized spacial score (nSPS) is 11.9. The molecule has 0 aliphatic heterocycles. The molecule has 2 N–H and O–H groups in total. The number of nitrogens with one attached hydrogen (secondary N) is 1. The third-order valence-electron chi connectivity index (χ3n) is 3.14. The SMILES string of the molecule is CCC(C(=O)Nc1ccc(O)c(Cl)c1)c1ccccc1. The molecule has 20 heavy (non-hydrogen) atoms. The Morgan fingerprint density at radius 3 is 2.55 bits per heavy atom. The molecule has 3 nitrogen and oxygen atoms in total. The minimum Gasteiger partial charge on any atom is -0.506 e. The number of carbonyl (C=O) groups is 1. The van der Waals surface area contributed by atoms with Crippen LogP contribution in [0.1, 0.15) is 24.8 Å². The van der Waals surface area contributed by atoms with Crippen molar-refractivity contribution in [2.45, 2.75) is 19.3 Å². The van der Waals surface area contributed by atoms with Gasteiger partial charge in [0.25, 0.3) is 0 Å². The van der Waals surface area contributed by atoms with Crippen molar-refractivity contribution in [3.8, 4) is 5.75 Å². The molecule has 1 unspecified atom stereocenters. The standard InChI is InChI=1S/C16H16ClNO2/c1-2-13(11-6-4-3-5-7-11)16(20)18-12-8-9-15(19)14(17)10-12/h3-10,13,19H,2H2,1H3,(H,18,20). The number of benzene rings is 2. The number of hydrogen-bond acceptors (Lipinski definition) is 2. The molecule has 0 bridgehead atoms. The van der Waals surface area contributed by atoms with Gasteiger partial charge >= 0.3 is 0 Å². The van der Waals surface area contributed by atoms with Crippen molar-refractivity contribution in [3.05, 3.63) is 59.1 Å². The molecule has 0 aliphatic rings. The predicted octanol–water partition coefficient (Wildman–Crippen LogP) is 4.18. The summed E-state index contributed by atoms with van der Waals surface area (Å²) in [5.41, 5.74) is 1.56. The number of phenols is 1. The highest BCUT2D eigenvalue weighted by Crippen LogP contribution is 2.27. The molecule has 104 valence electrons. The van der Waals surface area contributed by atoms with E-state index in [0.717, 1.165) is 5.56 Å². The van der Waals surface area contributed by atoms with Crippen LogP contribution < -0.4 is 5.32 Å². The molecular weight excluding hydrogens is 274 g/mol. The fraction of sp³-hybridized carbons (Fsp3) is 0.188. The van der Waals surface area contributed by atoms with Gasteiger partial charge in [-0.2, -0.15) is 0 Å². The van der Waals surface area contributed by atoms with Gasteiger partial charge in [0.2, 0.25) is 5.91 Å². The van der Waals surface area contributed by atoms with Crippen LogP contribution in [0.25, 0.3) is 0 Å². The highest BCUT2D eigenvalue weighted by atomic mass is 35.5. The Labute approximate surface area is 123 Å². The molecule has 2 rings (SSSR count). The van der Waals surface area contributed by atoms with Crippen LogP contribution in [0.3, 0.4) is 0 Å². The topological polar surface area (TPSA) is 49.3 Å². The first-order valence-electron chi connectivity index (χ1n) is 6.46. The molecule has 0 spiro atoms. The van der Waals surface area contributed by atoms with Crippen molar-refractivity contribution in [2.24, 2.45) is 0 Å². The number of aromatic hydroxyl groups is 1. The summed E-state index contributed by atoms with van der Waals surface area (Å²) in [6.07, 6.45) is 0.710. The number of rotatable bonds is 4. The largest absolute Gasteiger partial charge is 0.506 e. The first-order valence-corrected chi connectivity index (χ1v) is 6.84. The van der Waals surface area contributed by atoms with Crippen molar-refractivity contribution in [1.82, 2.24) is 0 Å². The Balaban J connectivity index is 2.15. The van der Waals surface area contributed by atoms with Gasteiger partial charge in [-0.1, -0.05) is 48.9 Å². The van der Waals surface area contributed by atoms with Crippen molar-refractivity contribution in [2.75, 3.05) is 5.32 Å². The van der Waals surface area contributed by atoms with Crippen molar-refractivity contribution in [1.29, 1.82) is 0 Å². The third-order valence-corrected chi connectivity index (χ3v) is 3.44. The number of halogens is 1. The lowest BCUT2D eigenvalue weighted by atomic mass is 9.95. The van der Waals surface area contributed by atoms with E-state index in [4.69, 9.17) is 11.6 Å². The summed E-state index contributed by atoms with van der Waals surface area (Å²) in [6, 6.07) is 14.3. The van der Waals surface area contributed by atoms with Gasteiger partial charge in [-0.15, -0.1) is 0 Å². The van der Waals surface area contributed by atoms with E-state index < -0.39 is 0 Å². The Morgan fingerprint density at radius 1 is 1.25 bits per heavy atom. The lowest BCUT2D eigenvalue weighted by molar-refractivity contribution is -0.117. The van der Waals surface area contributed by atoms with Crippen LogP contribution in [-0.4, -0.2) is 11.0 Å². The molecular formula is C16H16ClNO2. The number of carbonyl (C=O) groups excluding carboxylic acids is 1. The summed E-state index contributed by atoms with van der Waals surface area (Å²) in [5.74, 6) is -0.288. The highest BCUT2D eigenvalue weighted by Gasteiger charge is 2.18. The Morgan fingerprint density at radius 2 is 1.95 bits per heavy atom. The fourth-order valence-electron chi connectivity index (χ4n) is 2.07. The molecule has 0 radical (unpaired) electrons. The second kappa shape index (κ2) is 6.44. The van der Waals surface area contributed by atoms with Crippen LogP contribution in [0.5, 0.6) is 5.75 Å². The summed E-state index contributed by atoms with van der Waals surface area (Å²) < 4.78 is 0. The molecule has 1 atom stereocenters. The number of hydrogen-bond donors (Lipinski definition) is 2. The first-order chi connectivity index (χ1) is 9.61. The zero-order chi connectivity index (χ0) is 14.5. The quantitative estimate of drug-likeness (QED) is 0.830. The smallest absolute Gasteiger partial charge is 0.231 e. The zero-order valence-electron chi connectivity index (χ0n) is 11.1. The van der Waals surface area contributed by atoms with Crippen LogP contribution in [-0.2, 0) is 4.79 Å². The second-order valence-corrected chi connectivity index (χ2v) is 4.93. The summed E-state index contributed by atoms with van der Waals surface area (Å²) in [5, 5.41) is 12.4. The van der Waals surface area contributed by atoms with E-state index in [-0.39, 0.29) is 22.6 Å². The average molecular weight is 290 g/mol. The predicted molar refractivity (Wildman–Crippen MR) is 81.2 cm³/mol. The van der Waals surface area contributed by atoms with Crippen LogP contribution in [0, 0.1) is 0 Å². The zero-order valence-corrected chi connectivity index (χ0v) is 11.9. The molecule has 0 saturated carbocycles. The van der Waals surface area contributed by atoms with Crippen molar-refractivity contribution >= 4 is 23.2 Å². The lowest BCUT2D eigenvalue weighted by Crippen LogP contribution is -2.20. The minimum absolute atomic E-state index is 0.000216. The highest BCUT2D eigenvalue weighted by molar-refractivity contribution is 6.32. The van der Waals surface area contributed by atoms with E-state index in [9.17, 15) is 9.90 Å². The van der Waals surface area contributed by atoms with Crippen LogP contribution in [0.15, 0.2) is 48.5 Å². The molecule has 0 saturated heterocycles. The van der Waals surface area contributed by atoms with E-state index in [1.165, 1.54) is 12.1 Å². The van der Waals surface area contributed by atoms with Crippen LogP contribution >= 0.6 is 11.6 Å². The van der Waals surface area contributed by atoms with Gasteiger partial charge in [0.15, 0.2) is 0 Å².